The lowest BCUT2D eigenvalue weighted by Crippen LogP contribution is -2.39. The third-order valence-electron chi connectivity index (χ3n) is 3.35. The molecule has 0 aliphatic carbocycles. The van der Waals surface area contributed by atoms with Crippen LogP contribution in [0.4, 0.5) is 14.9 Å². The van der Waals surface area contributed by atoms with Crippen molar-refractivity contribution in [2.24, 2.45) is 0 Å². The van der Waals surface area contributed by atoms with E-state index in [-0.39, 0.29) is 17.9 Å². The van der Waals surface area contributed by atoms with Gasteiger partial charge in [0.1, 0.15) is 12.4 Å². The van der Waals surface area contributed by atoms with Gasteiger partial charge in [-0.2, -0.15) is 0 Å². The van der Waals surface area contributed by atoms with E-state index in [1.807, 2.05) is 6.07 Å². The molecule has 2 rings (SSSR count). The quantitative estimate of drug-likeness (QED) is 0.650. The van der Waals surface area contributed by atoms with E-state index in [0.29, 0.717) is 0 Å². The van der Waals surface area contributed by atoms with Gasteiger partial charge in [0.25, 0.3) is 0 Å². The van der Waals surface area contributed by atoms with Crippen LogP contribution in [-0.4, -0.2) is 17.9 Å². The maximum Gasteiger partial charge on any atom is 0.408 e. The predicted octanol–water partition coefficient (Wildman–Crippen LogP) is 3.21. The normalized spacial score (nSPS) is 14.0. The zero-order valence-corrected chi connectivity index (χ0v) is 13.0. The van der Waals surface area contributed by atoms with Gasteiger partial charge in [-0.25, -0.2) is 9.18 Å². The zero-order valence-electron chi connectivity index (χ0n) is 16.0. The smallest absolute Gasteiger partial charge is 0.408 e. The number of nitrogens with two attached hydrogens (primary N) is 1. The van der Waals surface area contributed by atoms with Gasteiger partial charge in [0.05, 0.1) is 6.04 Å². The summed E-state index contributed by atoms with van der Waals surface area (Å²) >= 11 is 0. The lowest BCUT2D eigenvalue weighted by atomic mass is 10.0. The first kappa shape index (κ1) is 13.5. The highest BCUT2D eigenvalue weighted by Gasteiger charge is 2.21. The van der Waals surface area contributed by atoms with Crippen LogP contribution in [0.5, 0.6) is 0 Å². The second-order valence-corrected chi connectivity index (χ2v) is 5.21. The molecule has 5 nitrogen and oxygen atoms in total. The third kappa shape index (κ3) is 4.32. The van der Waals surface area contributed by atoms with Crippen LogP contribution in [0.3, 0.4) is 0 Å². The van der Waals surface area contributed by atoms with E-state index >= 15 is 0 Å². The van der Waals surface area contributed by atoms with Gasteiger partial charge in [-0.1, -0.05) is 30.3 Å². The van der Waals surface area contributed by atoms with Gasteiger partial charge in [0.2, 0.25) is 0 Å². The van der Waals surface area contributed by atoms with Gasteiger partial charge in [0, 0.05) is 15.4 Å². The van der Waals surface area contributed by atoms with Gasteiger partial charge >= 0.3 is 6.09 Å². The van der Waals surface area contributed by atoms with Crippen LogP contribution in [0.1, 0.15) is 32.5 Å². The number of nitrogens with one attached hydrogen (secondary N) is 1. The highest BCUT2D eigenvalue weighted by Crippen LogP contribution is 2.19. The number of halogens is 1. The van der Waals surface area contributed by atoms with Crippen molar-refractivity contribution in [1.29, 1.82) is 0 Å². The largest absolute Gasteiger partial charge is 0.445 e. The first-order chi connectivity index (χ1) is 12.6. The fourth-order valence-electron chi connectivity index (χ4n) is 2.04. The van der Waals surface area contributed by atoms with Crippen molar-refractivity contribution in [3.8, 4) is 0 Å². The zero-order chi connectivity index (χ0) is 20.2. The minimum absolute atomic E-state index is 0.0233. The van der Waals surface area contributed by atoms with E-state index in [1.165, 1.54) is 6.92 Å². The summed E-state index contributed by atoms with van der Waals surface area (Å²) in [5, 5.41) is 2.35. The Balaban J connectivity index is 2.07. The summed E-state index contributed by atoms with van der Waals surface area (Å²) in [6.07, 6.45) is -0.823. The minimum Gasteiger partial charge on any atom is -0.445 e. The number of Topliss-reactive ketones (excluding diaryl/α,β-unsaturated/α-hetero) is 1. The second-order valence-electron chi connectivity index (χ2n) is 5.21. The molecule has 126 valence electrons. The van der Waals surface area contributed by atoms with E-state index in [9.17, 15) is 14.0 Å². The van der Waals surface area contributed by atoms with E-state index in [4.69, 9.17) is 14.6 Å². The van der Waals surface area contributed by atoms with Gasteiger partial charge in [0.15, 0.2) is 5.78 Å². The maximum atomic E-state index is 13.8. The molecule has 0 unspecified atom stereocenters. The van der Waals surface area contributed by atoms with Crippen molar-refractivity contribution in [2.45, 2.75) is 26.4 Å². The number of aryl methyl sites for hydroxylation is 1. The highest BCUT2D eigenvalue weighted by atomic mass is 19.1. The van der Waals surface area contributed by atoms with Crippen molar-refractivity contribution in [3.05, 3.63) is 65.0 Å². The van der Waals surface area contributed by atoms with Gasteiger partial charge in [-0.05, 0) is 37.0 Å². The average molecular weight is 333 g/mol. The Morgan fingerprint density at radius 2 is 2.04 bits per heavy atom. The monoisotopic (exact) mass is 333 g/mol. The standard InChI is InChI=1S/C18H19FN2O3/c1-11-8-14(16(20)9-15(11)19)17(22)12(2)21-18(23)24-10-13-6-4-3-5-7-13/h3-9,12H,10,20H2,1-2H3,(H,21,23)/t12-/m0/s1/i1D3. The number of carbonyl (C=O) groups is 2. The topological polar surface area (TPSA) is 81.4 Å². The SMILES string of the molecule is [2H]C([2H])([2H])c1cc(C(=O)[C@H](C)NC(=O)OCc2ccccc2)c(N)cc1F. The molecule has 1 atom stereocenters. The molecular formula is C18H19FN2O3. The Labute approximate surface area is 143 Å². The molecule has 0 heterocycles. The number of benzene rings is 2. The van der Waals surface area contributed by atoms with Crippen molar-refractivity contribution >= 4 is 17.6 Å². The Morgan fingerprint density at radius 3 is 2.71 bits per heavy atom. The number of amides is 1. The lowest BCUT2D eigenvalue weighted by molar-refractivity contribution is 0.0927. The molecule has 0 fully saturated rings. The Kier molecular flexibility index (Phi) is 4.28. The molecule has 1 amide bonds. The Bertz CT molecular complexity index is 842. The van der Waals surface area contributed by atoms with Crippen LogP contribution < -0.4 is 11.1 Å². The van der Waals surface area contributed by atoms with Crippen molar-refractivity contribution in [2.75, 3.05) is 5.73 Å². The van der Waals surface area contributed by atoms with Crippen LogP contribution in [-0.2, 0) is 11.3 Å². The molecule has 0 bridgehead atoms. The van der Waals surface area contributed by atoms with Crippen molar-refractivity contribution in [1.82, 2.24) is 5.32 Å². The van der Waals surface area contributed by atoms with Gasteiger partial charge in [-0.3, -0.25) is 4.79 Å². The Morgan fingerprint density at radius 1 is 1.33 bits per heavy atom. The Hall–Kier alpha value is -2.89. The van der Waals surface area contributed by atoms with Gasteiger partial charge < -0.3 is 15.8 Å². The molecule has 0 aliphatic heterocycles. The molecule has 2 aromatic rings. The highest BCUT2D eigenvalue weighted by molar-refractivity contribution is 6.05. The number of alkyl carbamates (subject to hydrolysis) is 1. The van der Waals surface area contributed by atoms with Crippen LogP contribution in [0.2, 0.25) is 0 Å². The first-order valence-electron chi connectivity index (χ1n) is 8.70. The molecule has 0 spiro atoms. The number of hydrogen-bond acceptors (Lipinski definition) is 4. The van der Waals surface area contributed by atoms with Crippen molar-refractivity contribution < 1.29 is 22.8 Å². The summed E-state index contributed by atoms with van der Waals surface area (Å²) in [6, 6.07) is 9.60. The van der Waals surface area contributed by atoms with Crippen LogP contribution in [0.15, 0.2) is 42.5 Å². The molecule has 0 saturated heterocycles. The molecule has 0 aliphatic rings. The number of nitrogen functional groups attached to an aromatic ring is 1. The van der Waals surface area contributed by atoms with Crippen molar-refractivity contribution in [3.63, 3.8) is 0 Å². The molecular weight excluding hydrogens is 311 g/mol. The number of hydrogen-bond donors (Lipinski definition) is 2. The van der Waals surface area contributed by atoms with Crippen LogP contribution in [0.25, 0.3) is 0 Å². The number of carbonyl (C=O) groups excluding carboxylic acids is 2. The number of ketones is 1. The summed E-state index contributed by atoms with van der Waals surface area (Å²) in [6.45, 7) is -1.32. The number of rotatable bonds is 5. The lowest BCUT2D eigenvalue weighted by Gasteiger charge is -2.15. The summed E-state index contributed by atoms with van der Waals surface area (Å²) in [5.74, 6) is -1.68. The summed E-state index contributed by atoms with van der Waals surface area (Å²) < 4.78 is 40.8. The van der Waals surface area contributed by atoms with E-state index < -0.39 is 36.2 Å². The predicted molar refractivity (Wildman–Crippen MR) is 89.1 cm³/mol. The molecule has 24 heavy (non-hydrogen) atoms. The molecule has 0 radical (unpaired) electrons. The second kappa shape index (κ2) is 7.59. The fraction of sp³-hybridized carbons (Fsp3) is 0.222. The number of ether oxygens (including phenoxy) is 1. The van der Waals surface area contributed by atoms with Crippen LogP contribution >= 0.6 is 0 Å². The third-order valence-corrected chi connectivity index (χ3v) is 3.35. The van der Waals surface area contributed by atoms with E-state index in [1.54, 1.807) is 24.3 Å². The molecule has 2 aromatic carbocycles. The first-order valence-corrected chi connectivity index (χ1v) is 7.20. The molecule has 6 heteroatoms. The molecule has 3 N–H and O–H groups in total. The average Bonchev–Trinajstić information content (AvgIpc) is 2.59. The molecule has 0 saturated carbocycles. The minimum atomic E-state index is -2.74. The number of anilines is 1. The molecule has 0 aromatic heterocycles. The maximum absolute atomic E-state index is 13.8. The van der Waals surface area contributed by atoms with E-state index in [2.05, 4.69) is 5.32 Å². The summed E-state index contributed by atoms with van der Waals surface area (Å²) in [5.41, 5.74) is 5.42. The van der Waals surface area contributed by atoms with Gasteiger partial charge in [-0.15, -0.1) is 0 Å². The van der Waals surface area contributed by atoms with Crippen LogP contribution in [0, 0.1) is 12.7 Å². The summed E-state index contributed by atoms with van der Waals surface area (Å²) in [7, 11) is 0. The van der Waals surface area contributed by atoms with E-state index in [0.717, 1.165) is 17.7 Å². The summed E-state index contributed by atoms with van der Waals surface area (Å²) in [4.78, 5) is 24.4. The fourth-order valence-corrected chi connectivity index (χ4v) is 2.04.